The van der Waals surface area contributed by atoms with Crippen LogP contribution in [0.15, 0.2) is 24.3 Å². The summed E-state index contributed by atoms with van der Waals surface area (Å²) in [5.74, 6) is -2.00. The van der Waals surface area contributed by atoms with E-state index < -0.39 is 29.8 Å². The number of rotatable bonds is 7. The smallest absolute Gasteiger partial charge is 0.308 e. The van der Waals surface area contributed by atoms with Crippen LogP contribution in [0.4, 0.5) is 0 Å². The van der Waals surface area contributed by atoms with Gasteiger partial charge < -0.3 is 9.64 Å². The first-order chi connectivity index (χ1) is 12.4. The molecule has 0 aromatic heterocycles. The molecule has 1 aliphatic rings. The highest BCUT2D eigenvalue weighted by molar-refractivity contribution is 6.21. The summed E-state index contributed by atoms with van der Waals surface area (Å²) in [5.41, 5.74) is 0.627. The Morgan fingerprint density at radius 2 is 1.81 bits per heavy atom. The van der Waals surface area contributed by atoms with E-state index in [4.69, 9.17) is 10.00 Å². The molecule has 2 rings (SSSR count). The second kappa shape index (κ2) is 8.25. The van der Waals surface area contributed by atoms with E-state index in [0.717, 1.165) is 4.90 Å². The molecule has 0 spiro atoms. The average molecular weight is 357 g/mol. The van der Waals surface area contributed by atoms with E-state index in [-0.39, 0.29) is 25.9 Å². The van der Waals surface area contributed by atoms with Crippen molar-refractivity contribution in [2.45, 2.75) is 25.9 Å². The van der Waals surface area contributed by atoms with E-state index in [9.17, 15) is 19.2 Å². The van der Waals surface area contributed by atoms with Crippen molar-refractivity contribution in [3.8, 4) is 6.07 Å². The molecule has 26 heavy (non-hydrogen) atoms. The fraction of sp³-hybridized carbons (Fsp3) is 0.389. The van der Waals surface area contributed by atoms with Crippen LogP contribution in [0.25, 0.3) is 0 Å². The van der Waals surface area contributed by atoms with E-state index in [2.05, 4.69) is 0 Å². The predicted molar refractivity (Wildman–Crippen MR) is 89.8 cm³/mol. The van der Waals surface area contributed by atoms with Crippen LogP contribution >= 0.6 is 0 Å². The van der Waals surface area contributed by atoms with Gasteiger partial charge in [0.05, 0.1) is 30.0 Å². The first kappa shape index (κ1) is 19.1. The van der Waals surface area contributed by atoms with Crippen molar-refractivity contribution in [3.63, 3.8) is 0 Å². The fourth-order valence-corrected chi connectivity index (χ4v) is 2.59. The zero-order chi connectivity index (χ0) is 19.3. The summed E-state index contributed by atoms with van der Waals surface area (Å²) in [4.78, 5) is 50.7. The van der Waals surface area contributed by atoms with Crippen LogP contribution in [0, 0.1) is 11.3 Å². The molecule has 0 N–H and O–H groups in total. The minimum absolute atomic E-state index is 0.115. The molecule has 0 saturated carbocycles. The Kier molecular flexibility index (Phi) is 6.07. The van der Waals surface area contributed by atoms with Gasteiger partial charge in [0.25, 0.3) is 17.7 Å². The van der Waals surface area contributed by atoms with Crippen LogP contribution < -0.4 is 0 Å². The van der Waals surface area contributed by atoms with Gasteiger partial charge in [-0.3, -0.25) is 24.1 Å². The van der Waals surface area contributed by atoms with Gasteiger partial charge in [0.15, 0.2) is 6.10 Å². The number of likely N-dealkylation sites (N-methyl/N-ethyl adjacent to an activating group) is 1. The van der Waals surface area contributed by atoms with Gasteiger partial charge >= 0.3 is 5.97 Å². The Bertz CT molecular complexity index is 748. The molecule has 3 amide bonds. The summed E-state index contributed by atoms with van der Waals surface area (Å²) in [6, 6.07) is 8.38. The standard InChI is InChI=1S/C18H19N3O5/c1-12(16(23)20(2)10-5-9-19)26-15(22)8-11-21-17(24)13-6-3-4-7-14(13)18(21)25/h3-4,6-7,12H,5,8,10-11H2,1-2H3/t12-/m0/s1. The number of amides is 3. The molecule has 0 fully saturated rings. The molecule has 1 aromatic carbocycles. The normalized spacial score (nSPS) is 13.8. The Morgan fingerprint density at radius 3 is 2.35 bits per heavy atom. The second-order valence-corrected chi connectivity index (χ2v) is 5.86. The molecule has 8 heteroatoms. The van der Waals surface area contributed by atoms with Gasteiger partial charge in [0.1, 0.15) is 0 Å². The fourth-order valence-electron chi connectivity index (χ4n) is 2.59. The molecule has 0 saturated heterocycles. The van der Waals surface area contributed by atoms with Gasteiger partial charge in [-0.1, -0.05) is 12.1 Å². The number of benzene rings is 1. The predicted octanol–water partition coefficient (Wildman–Crippen LogP) is 0.976. The summed E-state index contributed by atoms with van der Waals surface area (Å²) in [6.07, 6.45) is -1.03. The molecule has 1 heterocycles. The number of carbonyl (C=O) groups excluding carboxylic acids is 4. The van der Waals surface area contributed by atoms with E-state index in [1.54, 1.807) is 24.3 Å². The highest BCUT2D eigenvalue weighted by atomic mass is 16.5. The molecule has 0 unspecified atom stereocenters. The van der Waals surface area contributed by atoms with Crippen molar-refractivity contribution in [2.75, 3.05) is 20.1 Å². The Morgan fingerprint density at radius 1 is 1.23 bits per heavy atom. The third-order valence-electron chi connectivity index (χ3n) is 4.01. The van der Waals surface area contributed by atoms with Crippen molar-refractivity contribution < 1.29 is 23.9 Å². The zero-order valence-electron chi connectivity index (χ0n) is 14.6. The maximum Gasteiger partial charge on any atom is 0.308 e. The van der Waals surface area contributed by atoms with Gasteiger partial charge in [-0.05, 0) is 19.1 Å². The number of hydrogen-bond acceptors (Lipinski definition) is 6. The lowest BCUT2D eigenvalue weighted by Crippen LogP contribution is -2.38. The number of esters is 1. The molecule has 1 atom stereocenters. The van der Waals surface area contributed by atoms with Crippen LogP contribution in [0.5, 0.6) is 0 Å². The number of nitriles is 1. The third-order valence-corrected chi connectivity index (χ3v) is 4.01. The van der Waals surface area contributed by atoms with Crippen molar-refractivity contribution in [1.29, 1.82) is 5.26 Å². The average Bonchev–Trinajstić information content (AvgIpc) is 2.88. The van der Waals surface area contributed by atoms with Crippen LogP contribution in [0.2, 0.25) is 0 Å². The van der Waals surface area contributed by atoms with Crippen molar-refractivity contribution >= 4 is 23.7 Å². The summed E-state index contributed by atoms with van der Waals surface area (Å²) in [5, 5.41) is 8.53. The quantitative estimate of drug-likeness (QED) is 0.532. The van der Waals surface area contributed by atoms with E-state index in [0.29, 0.717) is 11.1 Å². The minimum Gasteiger partial charge on any atom is -0.452 e. The molecule has 8 nitrogen and oxygen atoms in total. The first-order valence-electron chi connectivity index (χ1n) is 8.13. The SMILES string of the molecule is C[C@H](OC(=O)CCN1C(=O)c2ccccc2C1=O)C(=O)N(C)CCC#N. The maximum absolute atomic E-state index is 12.2. The topological polar surface area (TPSA) is 108 Å². The lowest BCUT2D eigenvalue weighted by molar-refractivity contribution is -0.158. The van der Waals surface area contributed by atoms with Crippen LogP contribution in [0.1, 0.15) is 40.5 Å². The van der Waals surface area contributed by atoms with Gasteiger partial charge in [-0.2, -0.15) is 5.26 Å². The second-order valence-electron chi connectivity index (χ2n) is 5.86. The lowest BCUT2D eigenvalue weighted by atomic mass is 10.1. The van der Waals surface area contributed by atoms with Crippen LogP contribution in [-0.2, 0) is 14.3 Å². The number of hydrogen-bond donors (Lipinski definition) is 0. The lowest BCUT2D eigenvalue weighted by Gasteiger charge is -2.21. The van der Waals surface area contributed by atoms with Crippen LogP contribution in [-0.4, -0.2) is 59.7 Å². The summed E-state index contributed by atoms with van der Waals surface area (Å²) < 4.78 is 5.06. The highest BCUT2D eigenvalue weighted by Crippen LogP contribution is 2.22. The minimum atomic E-state index is -1.01. The largest absolute Gasteiger partial charge is 0.452 e. The van der Waals surface area contributed by atoms with Gasteiger partial charge in [-0.15, -0.1) is 0 Å². The number of ether oxygens (including phenoxy) is 1. The molecule has 1 aliphatic heterocycles. The first-order valence-corrected chi connectivity index (χ1v) is 8.13. The molecule has 0 radical (unpaired) electrons. The van der Waals surface area contributed by atoms with E-state index in [1.807, 2.05) is 6.07 Å². The Hall–Kier alpha value is -3.21. The van der Waals surface area contributed by atoms with Gasteiger partial charge in [0, 0.05) is 20.1 Å². The number of carbonyl (C=O) groups is 4. The summed E-state index contributed by atoms with van der Waals surface area (Å²) in [6.45, 7) is 1.56. The molecular formula is C18H19N3O5. The third kappa shape index (κ3) is 4.06. The highest BCUT2D eigenvalue weighted by Gasteiger charge is 2.35. The van der Waals surface area contributed by atoms with Gasteiger partial charge in [0.2, 0.25) is 0 Å². The maximum atomic E-state index is 12.2. The van der Waals surface area contributed by atoms with Crippen molar-refractivity contribution in [1.82, 2.24) is 9.80 Å². The zero-order valence-corrected chi connectivity index (χ0v) is 14.6. The van der Waals surface area contributed by atoms with Gasteiger partial charge in [-0.25, -0.2) is 0 Å². The Balaban J connectivity index is 1.86. The summed E-state index contributed by atoms with van der Waals surface area (Å²) >= 11 is 0. The Labute approximate surface area is 150 Å². The number of imide groups is 1. The van der Waals surface area contributed by atoms with Crippen molar-refractivity contribution in [2.24, 2.45) is 0 Å². The molecule has 136 valence electrons. The van der Waals surface area contributed by atoms with Crippen molar-refractivity contribution in [3.05, 3.63) is 35.4 Å². The number of fused-ring (bicyclic) bond motifs is 1. The number of nitrogens with zero attached hydrogens (tertiary/aromatic N) is 3. The molecular weight excluding hydrogens is 338 g/mol. The van der Waals surface area contributed by atoms with Crippen LogP contribution in [0.3, 0.4) is 0 Å². The summed E-state index contributed by atoms with van der Waals surface area (Å²) in [7, 11) is 1.52. The molecule has 0 bridgehead atoms. The molecule has 0 aliphatic carbocycles. The monoisotopic (exact) mass is 357 g/mol. The van der Waals surface area contributed by atoms with E-state index in [1.165, 1.54) is 18.9 Å². The molecule has 1 aromatic rings. The van der Waals surface area contributed by atoms with E-state index >= 15 is 0 Å².